The first-order valence-electron chi connectivity index (χ1n) is 11.4. The molecule has 0 bridgehead atoms. The highest BCUT2D eigenvalue weighted by atomic mass is 32.1. The minimum Gasteiger partial charge on any atom is -0.494 e. The monoisotopic (exact) mass is 483 g/mol. The summed E-state index contributed by atoms with van der Waals surface area (Å²) in [5.74, 6) is 1.06. The van der Waals surface area contributed by atoms with Crippen molar-refractivity contribution >= 4 is 43.4 Å². The Balaban J connectivity index is 1.71. The zero-order chi connectivity index (χ0) is 24.4. The summed E-state index contributed by atoms with van der Waals surface area (Å²) in [5.41, 5.74) is 3.26. The molecule has 176 valence electrons. The number of thiazole rings is 1. The number of hydrogen-bond donors (Lipinski definition) is 0. The fourth-order valence-electron chi connectivity index (χ4n) is 4.16. The highest BCUT2D eigenvalue weighted by Crippen LogP contribution is 2.39. The van der Waals surface area contributed by atoms with Crippen LogP contribution in [0.4, 0.5) is 5.13 Å². The molecule has 5 rings (SSSR count). The average Bonchev–Trinajstić information content (AvgIpc) is 3.34. The Kier molecular flexibility index (Phi) is 6.33. The predicted molar refractivity (Wildman–Crippen MR) is 141 cm³/mol. The Morgan fingerprint density at radius 1 is 1.03 bits per heavy atom. The second kappa shape index (κ2) is 9.72. The first-order chi connectivity index (χ1) is 17.1. The Bertz CT molecular complexity index is 1510. The Morgan fingerprint density at radius 2 is 1.86 bits per heavy atom. The number of aromatic nitrogens is 2. The molecule has 0 fully saturated rings. The van der Waals surface area contributed by atoms with E-state index in [1.807, 2.05) is 74.5 Å². The third-order valence-corrected chi connectivity index (χ3v) is 7.07. The first-order valence-corrected chi connectivity index (χ1v) is 12.2. The number of rotatable bonds is 7. The van der Waals surface area contributed by atoms with Crippen LogP contribution in [0.1, 0.15) is 28.4 Å². The molecule has 0 aliphatic rings. The van der Waals surface area contributed by atoms with Crippen molar-refractivity contribution in [3.63, 3.8) is 0 Å². The maximum atomic E-state index is 14.3. The van der Waals surface area contributed by atoms with Crippen LogP contribution in [0, 0.1) is 6.92 Å². The van der Waals surface area contributed by atoms with Gasteiger partial charge in [-0.1, -0.05) is 53.8 Å². The fraction of sp³-hybridized carbons (Fsp3) is 0.179. The van der Waals surface area contributed by atoms with Crippen LogP contribution in [0.25, 0.3) is 21.0 Å². The van der Waals surface area contributed by atoms with E-state index in [2.05, 4.69) is 4.98 Å². The van der Waals surface area contributed by atoms with E-state index in [-0.39, 0.29) is 5.91 Å². The quantitative estimate of drug-likeness (QED) is 0.268. The second-order valence-electron chi connectivity index (χ2n) is 8.10. The van der Waals surface area contributed by atoms with Crippen molar-refractivity contribution in [3.05, 3.63) is 89.7 Å². The summed E-state index contributed by atoms with van der Waals surface area (Å²) >= 11 is 1.48. The molecular formula is C28H25N3O3S. The normalized spacial score (nSPS) is 11.1. The van der Waals surface area contributed by atoms with Crippen LogP contribution < -0.4 is 14.4 Å². The number of methoxy groups -OCH3 is 1. The van der Waals surface area contributed by atoms with Crippen LogP contribution in [-0.4, -0.2) is 29.6 Å². The van der Waals surface area contributed by atoms with Gasteiger partial charge in [-0.3, -0.25) is 14.7 Å². The van der Waals surface area contributed by atoms with Gasteiger partial charge in [0.25, 0.3) is 5.91 Å². The fourth-order valence-corrected chi connectivity index (χ4v) is 5.21. The van der Waals surface area contributed by atoms with Crippen LogP contribution in [0.15, 0.2) is 73.1 Å². The molecule has 7 heteroatoms. The lowest BCUT2D eigenvalue weighted by molar-refractivity contribution is 0.0983. The zero-order valence-corrected chi connectivity index (χ0v) is 20.6. The molecule has 6 nitrogen and oxygen atoms in total. The van der Waals surface area contributed by atoms with Gasteiger partial charge >= 0.3 is 0 Å². The third-order valence-electron chi connectivity index (χ3n) is 5.86. The molecule has 0 saturated heterocycles. The molecule has 0 radical (unpaired) electrons. The van der Waals surface area contributed by atoms with Gasteiger partial charge in [-0.25, -0.2) is 4.98 Å². The van der Waals surface area contributed by atoms with E-state index in [0.29, 0.717) is 35.3 Å². The number of nitrogens with zero attached hydrogens (tertiary/aromatic N) is 3. The van der Waals surface area contributed by atoms with Crippen LogP contribution in [0.2, 0.25) is 0 Å². The topological polar surface area (TPSA) is 64.5 Å². The summed E-state index contributed by atoms with van der Waals surface area (Å²) in [7, 11) is 1.63. The number of carbonyl (C=O) groups excluding carboxylic acids is 1. The summed E-state index contributed by atoms with van der Waals surface area (Å²) in [6.45, 7) is 4.73. The van der Waals surface area contributed by atoms with E-state index >= 15 is 0 Å². The van der Waals surface area contributed by atoms with Crippen molar-refractivity contribution in [2.75, 3.05) is 18.6 Å². The standard InChI is InChI=1S/C28H25N3O3S/c1-4-34-22-14-12-20-9-5-6-10-21(20)24(22)27(32)31(17-19-8-7-15-29-16-19)28-30-25-23(33-3)13-11-18(2)26(25)35-28/h5-16H,4,17H2,1-3H3. The van der Waals surface area contributed by atoms with Gasteiger partial charge in [-0.05, 0) is 53.9 Å². The van der Waals surface area contributed by atoms with Crippen LogP contribution >= 0.6 is 11.3 Å². The molecule has 5 aromatic rings. The second-order valence-corrected chi connectivity index (χ2v) is 9.08. The number of amides is 1. The summed E-state index contributed by atoms with van der Waals surface area (Å²) in [6.07, 6.45) is 3.49. The number of anilines is 1. The molecule has 0 aliphatic heterocycles. The van der Waals surface area contributed by atoms with Gasteiger partial charge in [-0.2, -0.15) is 0 Å². The molecule has 0 N–H and O–H groups in total. The number of pyridine rings is 1. The smallest absolute Gasteiger partial charge is 0.264 e. The maximum Gasteiger partial charge on any atom is 0.264 e. The van der Waals surface area contributed by atoms with Gasteiger partial charge in [0.05, 0.1) is 30.5 Å². The number of carbonyl (C=O) groups is 1. The Hall–Kier alpha value is -3.97. The molecule has 1 amide bonds. The third kappa shape index (κ3) is 4.31. The lowest BCUT2D eigenvalue weighted by atomic mass is 10.0. The van der Waals surface area contributed by atoms with E-state index in [4.69, 9.17) is 14.5 Å². The van der Waals surface area contributed by atoms with Crippen LogP contribution in [-0.2, 0) is 6.54 Å². The number of benzene rings is 3. The zero-order valence-electron chi connectivity index (χ0n) is 19.8. The van der Waals surface area contributed by atoms with Crippen molar-refractivity contribution in [1.82, 2.24) is 9.97 Å². The maximum absolute atomic E-state index is 14.3. The molecule has 0 unspecified atom stereocenters. The summed E-state index contributed by atoms with van der Waals surface area (Å²) in [4.78, 5) is 25.2. The molecule has 0 saturated carbocycles. The lowest BCUT2D eigenvalue weighted by Gasteiger charge is -2.22. The van der Waals surface area contributed by atoms with E-state index in [0.717, 1.165) is 32.1 Å². The average molecular weight is 484 g/mol. The molecule has 3 aromatic carbocycles. The van der Waals surface area contributed by atoms with E-state index in [9.17, 15) is 4.79 Å². The molecule has 0 atom stereocenters. The van der Waals surface area contributed by atoms with Crippen molar-refractivity contribution in [1.29, 1.82) is 0 Å². The van der Waals surface area contributed by atoms with E-state index < -0.39 is 0 Å². The lowest BCUT2D eigenvalue weighted by Crippen LogP contribution is -2.31. The predicted octanol–water partition coefficient (Wildman–Crippen LogP) is 6.41. The van der Waals surface area contributed by atoms with Crippen LogP contribution in [0.5, 0.6) is 11.5 Å². The molecule has 2 aromatic heterocycles. The minimum atomic E-state index is -0.176. The van der Waals surface area contributed by atoms with E-state index in [1.54, 1.807) is 24.4 Å². The van der Waals surface area contributed by atoms with Crippen LogP contribution in [0.3, 0.4) is 0 Å². The van der Waals surface area contributed by atoms with Gasteiger partial charge in [0.1, 0.15) is 17.0 Å². The molecule has 2 heterocycles. The summed E-state index contributed by atoms with van der Waals surface area (Å²) in [6, 6.07) is 19.4. The molecular weight excluding hydrogens is 458 g/mol. The van der Waals surface area contributed by atoms with Crippen molar-refractivity contribution in [2.45, 2.75) is 20.4 Å². The van der Waals surface area contributed by atoms with Gasteiger partial charge < -0.3 is 9.47 Å². The van der Waals surface area contributed by atoms with Gasteiger partial charge in [0, 0.05) is 12.4 Å². The Labute approximate surface area is 207 Å². The Morgan fingerprint density at radius 3 is 2.63 bits per heavy atom. The van der Waals surface area contributed by atoms with E-state index in [1.165, 1.54) is 11.3 Å². The first kappa shape index (κ1) is 22.8. The van der Waals surface area contributed by atoms with Crippen molar-refractivity contribution < 1.29 is 14.3 Å². The number of aryl methyl sites for hydroxylation is 1. The number of fused-ring (bicyclic) bond motifs is 2. The molecule has 35 heavy (non-hydrogen) atoms. The number of hydrogen-bond acceptors (Lipinski definition) is 6. The van der Waals surface area contributed by atoms with Crippen molar-refractivity contribution in [2.24, 2.45) is 0 Å². The summed E-state index contributed by atoms with van der Waals surface area (Å²) < 4.78 is 12.5. The summed E-state index contributed by atoms with van der Waals surface area (Å²) in [5, 5.41) is 2.41. The minimum absolute atomic E-state index is 0.176. The SMILES string of the molecule is CCOc1ccc2ccccc2c1C(=O)N(Cc1cccnc1)c1nc2c(OC)ccc(C)c2s1. The largest absolute Gasteiger partial charge is 0.494 e. The highest BCUT2D eigenvalue weighted by molar-refractivity contribution is 7.22. The van der Waals surface area contributed by atoms with Gasteiger partial charge in [0.15, 0.2) is 5.13 Å². The van der Waals surface area contributed by atoms with Gasteiger partial charge in [-0.15, -0.1) is 0 Å². The number of ether oxygens (including phenoxy) is 2. The van der Waals surface area contributed by atoms with Gasteiger partial charge in [0.2, 0.25) is 0 Å². The van der Waals surface area contributed by atoms with Crippen molar-refractivity contribution in [3.8, 4) is 11.5 Å². The molecule has 0 aliphatic carbocycles. The molecule has 0 spiro atoms. The highest BCUT2D eigenvalue weighted by Gasteiger charge is 2.27.